The largest absolute Gasteiger partial charge is 0.494 e. The van der Waals surface area contributed by atoms with Crippen molar-refractivity contribution in [3.05, 3.63) is 82.7 Å². The molecule has 0 N–H and O–H groups in total. The number of imidazole rings is 1. The third-order valence-electron chi connectivity index (χ3n) is 6.17. The Labute approximate surface area is 225 Å². The molecule has 0 saturated carbocycles. The number of fused-ring (bicyclic) bond motifs is 1. The van der Waals surface area contributed by atoms with Gasteiger partial charge < -0.3 is 18.6 Å². The molecule has 8 heteroatoms. The van der Waals surface area contributed by atoms with Crippen LogP contribution in [-0.2, 0) is 17.8 Å². The van der Waals surface area contributed by atoms with Gasteiger partial charge in [0.25, 0.3) is 0 Å². The lowest BCUT2D eigenvalue weighted by Gasteiger charge is -2.31. The second-order valence-corrected chi connectivity index (χ2v) is 11.3. The van der Waals surface area contributed by atoms with E-state index in [1.165, 1.54) is 12.1 Å². The molecule has 0 radical (unpaired) electrons. The van der Waals surface area contributed by atoms with Crippen LogP contribution in [0.1, 0.15) is 40.5 Å². The van der Waals surface area contributed by atoms with Crippen LogP contribution in [0.3, 0.4) is 0 Å². The van der Waals surface area contributed by atoms with Gasteiger partial charge in [-0.2, -0.15) is 0 Å². The number of carbonyl (C=O) groups excluding carboxylic acids is 1. The van der Waals surface area contributed by atoms with Crippen LogP contribution in [0.5, 0.6) is 5.75 Å². The Kier molecular flexibility index (Phi) is 8.07. The number of halogens is 2. The third-order valence-corrected chi connectivity index (χ3v) is 7.39. The van der Waals surface area contributed by atoms with Gasteiger partial charge in [-0.15, -0.1) is 4.99 Å². The van der Waals surface area contributed by atoms with Crippen LogP contribution in [-0.4, -0.2) is 27.4 Å². The Balaban J connectivity index is 1.71. The molecular weight excluding hydrogens is 537 g/mol. The number of carbonyl (C=O) groups is 1. The van der Waals surface area contributed by atoms with Crippen molar-refractivity contribution in [1.29, 1.82) is 0 Å². The molecule has 0 fully saturated rings. The number of aromatic nitrogens is 2. The smallest absolute Gasteiger partial charge is 0.437 e. The molecule has 2 aromatic carbocycles. The van der Waals surface area contributed by atoms with Crippen LogP contribution in [0.4, 0.5) is 9.18 Å². The highest BCUT2D eigenvalue weighted by atomic mass is 79.9. The van der Waals surface area contributed by atoms with Crippen LogP contribution in [0.2, 0.25) is 0 Å². The van der Waals surface area contributed by atoms with E-state index in [9.17, 15) is 9.18 Å². The van der Waals surface area contributed by atoms with Gasteiger partial charge in [0.2, 0.25) is 5.62 Å². The highest BCUT2D eigenvalue weighted by Gasteiger charge is 2.30. The maximum atomic E-state index is 13.2. The molecule has 1 unspecified atom stereocenters. The second-order valence-electron chi connectivity index (χ2n) is 10.5. The monoisotopic (exact) mass is 569 g/mol. The quantitative estimate of drug-likeness (QED) is 0.284. The van der Waals surface area contributed by atoms with Gasteiger partial charge in [0, 0.05) is 23.0 Å². The maximum absolute atomic E-state index is 13.2. The first kappa shape index (κ1) is 26.9. The number of hydrogen-bond acceptors (Lipinski definition) is 3. The average molecular weight is 571 g/mol. The molecular formula is C29H33BrFN3O3. The van der Waals surface area contributed by atoms with Gasteiger partial charge in [0.05, 0.1) is 17.6 Å². The van der Waals surface area contributed by atoms with Crippen LogP contribution >= 0.6 is 15.9 Å². The zero-order valence-corrected chi connectivity index (χ0v) is 23.3. The van der Waals surface area contributed by atoms with Crippen molar-refractivity contribution in [2.45, 2.75) is 59.2 Å². The molecule has 0 aliphatic heterocycles. The molecule has 0 spiro atoms. The number of amides is 1. The van der Waals surface area contributed by atoms with Crippen molar-refractivity contribution in [3.63, 3.8) is 0 Å². The lowest BCUT2D eigenvalue weighted by Crippen LogP contribution is -2.35. The summed E-state index contributed by atoms with van der Waals surface area (Å²) in [7, 11) is 0. The number of allylic oxidation sites excluding steroid dienone is 4. The van der Waals surface area contributed by atoms with Gasteiger partial charge in [-0.3, -0.25) is 0 Å². The molecule has 4 rings (SSSR count). The summed E-state index contributed by atoms with van der Waals surface area (Å²) in [5, 5.41) is 0. The summed E-state index contributed by atoms with van der Waals surface area (Å²) in [6.07, 6.45) is 7.16. The number of nitrogens with zero attached hydrogens (tertiary/aromatic N) is 3. The Morgan fingerprint density at radius 1 is 1.11 bits per heavy atom. The fourth-order valence-corrected chi connectivity index (χ4v) is 4.80. The molecule has 3 aromatic rings. The van der Waals surface area contributed by atoms with E-state index in [2.05, 4.69) is 50.6 Å². The molecule has 0 saturated heterocycles. The lowest BCUT2D eigenvalue weighted by molar-refractivity contribution is 0.0593. The summed E-state index contributed by atoms with van der Waals surface area (Å²) >= 11 is 3.76. The molecule has 196 valence electrons. The fraction of sp³-hybridized carbons (Fsp3) is 0.379. The molecule has 1 aliphatic carbocycles. The summed E-state index contributed by atoms with van der Waals surface area (Å²) in [5.41, 5.74) is 1.64. The Morgan fingerprint density at radius 2 is 1.78 bits per heavy atom. The zero-order valence-electron chi connectivity index (χ0n) is 21.7. The third kappa shape index (κ3) is 6.60. The minimum Gasteiger partial charge on any atom is -0.494 e. The Morgan fingerprint density at radius 3 is 2.43 bits per heavy atom. The number of para-hydroxylation sites is 2. The predicted octanol–water partition coefficient (Wildman–Crippen LogP) is 7.13. The second kappa shape index (κ2) is 11.1. The standard InChI is InChI=1S/C29H33BrFN3O3/c1-28(2,3)37-27(35)32-26-33(18-9-19-36-22-15-13-21(31)14-16-22)23-10-5-6-11-24(23)34(26)20-29(4)17-8-7-12-25(29)30/h5-8,10-16H,9,17-20H2,1-4H3. The molecule has 1 aromatic heterocycles. The van der Waals surface area contributed by atoms with E-state index >= 15 is 0 Å². The summed E-state index contributed by atoms with van der Waals surface area (Å²) < 4.78 is 29.8. The number of hydrogen-bond donors (Lipinski definition) is 0. The zero-order chi connectivity index (χ0) is 26.6. The molecule has 1 atom stereocenters. The van der Waals surface area contributed by atoms with Crippen molar-refractivity contribution in [2.24, 2.45) is 10.4 Å². The van der Waals surface area contributed by atoms with Gasteiger partial charge in [0.15, 0.2) is 0 Å². The number of benzene rings is 2. The predicted molar refractivity (Wildman–Crippen MR) is 147 cm³/mol. The van der Waals surface area contributed by atoms with Crippen molar-refractivity contribution >= 4 is 33.1 Å². The van der Waals surface area contributed by atoms with Crippen molar-refractivity contribution in [3.8, 4) is 5.75 Å². The highest BCUT2D eigenvalue weighted by molar-refractivity contribution is 9.11. The summed E-state index contributed by atoms with van der Waals surface area (Å²) in [4.78, 5) is 17.4. The van der Waals surface area contributed by atoms with Crippen molar-refractivity contribution in [2.75, 3.05) is 6.61 Å². The van der Waals surface area contributed by atoms with E-state index in [4.69, 9.17) is 9.47 Å². The van der Waals surface area contributed by atoms with E-state index in [1.54, 1.807) is 12.1 Å². The van der Waals surface area contributed by atoms with Gasteiger partial charge in [0.1, 0.15) is 17.2 Å². The van der Waals surface area contributed by atoms with Gasteiger partial charge in [-0.05, 0) is 70.0 Å². The fourth-order valence-electron chi connectivity index (χ4n) is 4.36. The van der Waals surface area contributed by atoms with Gasteiger partial charge in [-0.25, -0.2) is 9.18 Å². The number of rotatable bonds is 7. The SMILES string of the molecule is CC(C)(C)OC(=O)N=c1n(CCCOc2ccc(F)cc2)c2ccccc2n1CC1(C)CC=CC=C1Br. The molecule has 0 bridgehead atoms. The van der Waals surface area contributed by atoms with E-state index in [0.717, 1.165) is 21.9 Å². The molecule has 1 aliphatic rings. The van der Waals surface area contributed by atoms with E-state index in [-0.39, 0.29) is 11.2 Å². The van der Waals surface area contributed by atoms with Crippen LogP contribution in [0.15, 0.2) is 76.2 Å². The Bertz CT molecular complexity index is 1400. The van der Waals surface area contributed by atoms with Crippen molar-refractivity contribution < 1.29 is 18.7 Å². The number of ether oxygens (including phenoxy) is 2. The van der Waals surface area contributed by atoms with Crippen LogP contribution in [0, 0.1) is 11.2 Å². The summed E-state index contributed by atoms with van der Waals surface area (Å²) in [6, 6.07) is 14.0. The molecule has 1 amide bonds. The minimum absolute atomic E-state index is 0.196. The first-order valence-electron chi connectivity index (χ1n) is 12.4. The van der Waals surface area contributed by atoms with Crippen LogP contribution in [0.25, 0.3) is 11.0 Å². The van der Waals surface area contributed by atoms with Gasteiger partial charge >= 0.3 is 6.09 Å². The summed E-state index contributed by atoms with van der Waals surface area (Å²) in [6.45, 7) is 9.31. The van der Waals surface area contributed by atoms with Gasteiger partial charge in [-0.1, -0.05) is 53.2 Å². The van der Waals surface area contributed by atoms with E-state index < -0.39 is 11.7 Å². The first-order valence-corrected chi connectivity index (χ1v) is 13.2. The molecule has 6 nitrogen and oxygen atoms in total. The van der Waals surface area contributed by atoms with E-state index in [0.29, 0.717) is 37.5 Å². The summed E-state index contributed by atoms with van der Waals surface area (Å²) in [5.74, 6) is 0.315. The number of aryl methyl sites for hydroxylation is 1. The molecule has 1 heterocycles. The minimum atomic E-state index is -0.656. The molecule has 37 heavy (non-hydrogen) atoms. The first-order chi connectivity index (χ1) is 17.6. The lowest BCUT2D eigenvalue weighted by atomic mass is 9.83. The normalized spacial score (nSPS) is 18.2. The average Bonchev–Trinajstić information content (AvgIpc) is 3.11. The van der Waals surface area contributed by atoms with Crippen molar-refractivity contribution in [1.82, 2.24) is 9.13 Å². The topological polar surface area (TPSA) is 57.7 Å². The highest BCUT2D eigenvalue weighted by Crippen LogP contribution is 2.40. The Hall–Kier alpha value is -3.13. The van der Waals surface area contributed by atoms with E-state index in [1.807, 2.05) is 49.6 Å². The maximum Gasteiger partial charge on any atom is 0.437 e. The van der Waals surface area contributed by atoms with Crippen LogP contribution < -0.4 is 10.4 Å².